The minimum absolute atomic E-state index is 0.0203. The topological polar surface area (TPSA) is 116 Å². The Morgan fingerprint density at radius 2 is 1.83 bits per heavy atom. The molecule has 1 aliphatic heterocycles. The van der Waals surface area contributed by atoms with Crippen LogP contribution in [0.2, 0.25) is 0 Å². The molecule has 1 heterocycles. The van der Waals surface area contributed by atoms with E-state index in [4.69, 9.17) is 14.6 Å². The van der Waals surface area contributed by atoms with Crippen LogP contribution in [0, 0.1) is 0 Å². The molecule has 7 heteroatoms. The summed E-state index contributed by atoms with van der Waals surface area (Å²) in [7, 11) is 0. The highest BCUT2D eigenvalue weighted by molar-refractivity contribution is 5.81. The Hall–Kier alpha value is -0.990. The zero-order valence-electron chi connectivity index (χ0n) is 9.81. The lowest BCUT2D eigenvalue weighted by molar-refractivity contribution is -0.232. The Morgan fingerprint density at radius 1 is 1.22 bits per heavy atom. The fraction of sp³-hybridized carbons (Fsp3) is 0.727. The fourth-order valence-corrected chi connectivity index (χ4v) is 1.75. The standard InChI is InChI=1S/C11H18O7/c1-2-8(13)17-4-3-6-9(14)11(16)10(15)7(5-12)18-6/h2,6-7,9-12,14-16H,1,3-5H2/t6?,7-,9+,10-,11-/m1/s1. The first-order valence-corrected chi connectivity index (χ1v) is 5.61. The largest absolute Gasteiger partial charge is 0.462 e. The van der Waals surface area contributed by atoms with Gasteiger partial charge in [-0.2, -0.15) is 0 Å². The van der Waals surface area contributed by atoms with E-state index in [9.17, 15) is 20.1 Å². The second kappa shape index (κ2) is 6.81. The summed E-state index contributed by atoms with van der Waals surface area (Å²) in [6.07, 6.45) is -4.70. The molecule has 1 aliphatic rings. The molecule has 0 saturated carbocycles. The summed E-state index contributed by atoms with van der Waals surface area (Å²) >= 11 is 0. The summed E-state index contributed by atoms with van der Waals surface area (Å²) in [5, 5.41) is 37.7. The number of aliphatic hydroxyl groups is 4. The molecule has 7 nitrogen and oxygen atoms in total. The monoisotopic (exact) mass is 262 g/mol. The highest BCUT2D eigenvalue weighted by atomic mass is 16.6. The maximum atomic E-state index is 10.8. The van der Waals surface area contributed by atoms with Gasteiger partial charge in [-0.15, -0.1) is 0 Å². The number of aliphatic hydroxyl groups excluding tert-OH is 4. The van der Waals surface area contributed by atoms with Gasteiger partial charge in [0.2, 0.25) is 0 Å². The predicted octanol–water partition coefficient (Wildman–Crippen LogP) is -2.05. The molecule has 0 bridgehead atoms. The molecule has 0 aromatic rings. The molecule has 0 radical (unpaired) electrons. The molecule has 0 amide bonds. The smallest absolute Gasteiger partial charge is 0.330 e. The molecule has 1 rings (SSSR count). The van der Waals surface area contributed by atoms with E-state index in [2.05, 4.69) is 6.58 Å². The molecule has 1 fully saturated rings. The van der Waals surface area contributed by atoms with E-state index in [1.165, 1.54) is 0 Å². The van der Waals surface area contributed by atoms with Gasteiger partial charge < -0.3 is 29.9 Å². The third-order valence-corrected chi connectivity index (χ3v) is 2.80. The van der Waals surface area contributed by atoms with Gasteiger partial charge in [0.15, 0.2) is 0 Å². The number of ether oxygens (including phenoxy) is 2. The normalized spacial score (nSPS) is 36.1. The maximum Gasteiger partial charge on any atom is 0.330 e. The lowest BCUT2D eigenvalue weighted by Gasteiger charge is -2.40. The second-order valence-electron chi connectivity index (χ2n) is 4.03. The Balaban J connectivity index is 2.49. The summed E-state index contributed by atoms with van der Waals surface area (Å²) < 4.78 is 9.94. The highest BCUT2D eigenvalue weighted by Gasteiger charge is 2.43. The van der Waals surface area contributed by atoms with Gasteiger partial charge in [0.1, 0.15) is 24.4 Å². The Labute approximate surface area is 104 Å². The molecule has 5 atom stereocenters. The SMILES string of the molecule is C=CC(=O)OCCC1O[C@H](CO)[C@@H](O)[C@H](O)[C@H]1O. The molecule has 0 aromatic carbocycles. The quantitative estimate of drug-likeness (QED) is 0.333. The molecular formula is C11H18O7. The summed E-state index contributed by atoms with van der Waals surface area (Å²) in [5.74, 6) is -0.598. The average Bonchev–Trinajstić information content (AvgIpc) is 2.38. The highest BCUT2D eigenvalue weighted by Crippen LogP contribution is 2.23. The lowest BCUT2D eigenvalue weighted by Crippen LogP contribution is -2.58. The Kier molecular flexibility index (Phi) is 5.70. The predicted molar refractivity (Wildman–Crippen MR) is 59.5 cm³/mol. The molecular weight excluding hydrogens is 244 g/mol. The number of hydrogen-bond acceptors (Lipinski definition) is 7. The fourth-order valence-electron chi connectivity index (χ4n) is 1.75. The van der Waals surface area contributed by atoms with Gasteiger partial charge >= 0.3 is 5.97 Å². The number of rotatable bonds is 5. The number of carbonyl (C=O) groups excluding carboxylic acids is 1. The summed E-state index contributed by atoms with van der Waals surface area (Å²) in [4.78, 5) is 10.8. The van der Waals surface area contributed by atoms with Crippen molar-refractivity contribution in [3.8, 4) is 0 Å². The Bertz CT molecular complexity index is 291. The number of hydrogen-bond donors (Lipinski definition) is 4. The molecule has 18 heavy (non-hydrogen) atoms. The zero-order valence-corrected chi connectivity index (χ0v) is 9.81. The van der Waals surface area contributed by atoms with Crippen LogP contribution in [0.5, 0.6) is 0 Å². The molecule has 1 saturated heterocycles. The van der Waals surface area contributed by atoms with Crippen LogP contribution in [0.3, 0.4) is 0 Å². The van der Waals surface area contributed by atoms with E-state index in [0.717, 1.165) is 6.08 Å². The van der Waals surface area contributed by atoms with Crippen molar-refractivity contribution in [1.82, 2.24) is 0 Å². The summed E-state index contributed by atoms with van der Waals surface area (Å²) in [6, 6.07) is 0. The van der Waals surface area contributed by atoms with Crippen molar-refractivity contribution >= 4 is 5.97 Å². The van der Waals surface area contributed by atoms with Crippen LogP contribution < -0.4 is 0 Å². The molecule has 104 valence electrons. The third kappa shape index (κ3) is 3.50. The van der Waals surface area contributed by atoms with Crippen molar-refractivity contribution in [1.29, 1.82) is 0 Å². The molecule has 4 N–H and O–H groups in total. The minimum Gasteiger partial charge on any atom is -0.462 e. The van der Waals surface area contributed by atoms with E-state index >= 15 is 0 Å². The van der Waals surface area contributed by atoms with Crippen LogP contribution in [-0.4, -0.2) is 70.1 Å². The molecule has 0 aromatic heterocycles. The van der Waals surface area contributed by atoms with Crippen LogP contribution in [-0.2, 0) is 14.3 Å². The van der Waals surface area contributed by atoms with Gasteiger partial charge in [-0.25, -0.2) is 4.79 Å². The van der Waals surface area contributed by atoms with Gasteiger partial charge in [0, 0.05) is 12.5 Å². The third-order valence-electron chi connectivity index (χ3n) is 2.80. The number of carbonyl (C=O) groups is 1. The van der Waals surface area contributed by atoms with Crippen molar-refractivity contribution in [2.24, 2.45) is 0 Å². The minimum atomic E-state index is -1.41. The maximum absolute atomic E-state index is 10.8. The first-order valence-electron chi connectivity index (χ1n) is 5.61. The van der Waals surface area contributed by atoms with Crippen LogP contribution >= 0.6 is 0 Å². The molecule has 0 spiro atoms. The molecule has 0 aliphatic carbocycles. The van der Waals surface area contributed by atoms with Crippen LogP contribution in [0.4, 0.5) is 0 Å². The van der Waals surface area contributed by atoms with Gasteiger partial charge in [-0.3, -0.25) is 0 Å². The van der Waals surface area contributed by atoms with E-state index < -0.39 is 43.1 Å². The average molecular weight is 262 g/mol. The van der Waals surface area contributed by atoms with E-state index in [-0.39, 0.29) is 13.0 Å². The van der Waals surface area contributed by atoms with Crippen molar-refractivity contribution in [3.63, 3.8) is 0 Å². The van der Waals surface area contributed by atoms with E-state index in [1.54, 1.807) is 0 Å². The van der Waals surface area contributed by atoms with Gasteiger partial charge in [0.25, 0.3) is 0 Å². The van der Waals surface area contributed by atoms with E-state index in [1.807, 2.05) is 0 Å². The van der Waals surface area contributed by atoms with Gasteiger partial charge in [0.05, 0.1) is 19.3 Å². The number of esters is 1. The first kappa shape index (κ1) is 15.1. The van der Waals surface area contributed by atoms with Crippen molar-refractivity contribution in [2.45, 2.75) is 36.9 Å². The first-order chi connectivity index (χ1) is 8.51. The van der Waals surface area contributed by atoms with Crippen molar-refractivity contribution in [3.05, 3.63) is 12.7 Å². The van der Waals surface area contributed by atoms with Crippen molar-refractivity contribution in [2.75, 3.05) is 13.2 Å². The second-order valence-corrected chi connectivity index (χ2v) is 4.03. The van der Waals surface area contributed by atoms with Crippen LogP contribution in [0.25, 0.3) is 0 Å². The lowest BCUT2D eigenvalue weighted by atomic mass is 9.94. The molecule has 1 unspecified atom stereocenters. The Morgan fingerprint density at radius 3 is 2.39 bits per heavy atom. The van der Waals surface area contributed by atoms with E-state index in [0.29, 0.717) is 0 Å². The van der Waals surface area contributed by atoms with Gasteiger partial charge in [-0.05, 0) is 0 Å². The van der Waals surface area contributed by atoms with Crippen molar-refractivity contribution < 1.29 is 34.7 Å². The van der Waals surface area contributed by atoms with Crippen LogP contribution in [0.1, 0.15) is 6.42 Å². The van der Waals surface area contributed by atoms with Gasteiger partial charge in [-0.1, -0.05) is 6.58 Å². The zero-order chi connectivity index (χ0) is 13.7. The summed E-state index contributed by atoms with van der Waals surface area (Å²) in [6.45, 7) is 2.73. The van der Waals surface area contributed by atoms with Crippen LogP contribution in [0.15, 0.2) is 12.7 Å². The summed E-state index contributed by atoms with van der Waals surface area (Å²) in [5.41, 5.74) is 0.